The van der Waals surface area contributed by atoms with Gasteiger partial charge in [0.1, 0.15) is 0 Å². The summed E-state index contributed by atoms with van der Waals surface area (Å²) in [5.74, 6) is 0.514. The zero-order valence-corrected chi connectivity index (χ0v) is 12.0. The quantitative estimate of drug-likeness (QED) is 0.865. The van der Waals surface area contributed by atoms with Gasteiger partial charge in [0.2, 0.25) is 0 Å². The number of rotatable bonds is 4. The van der Waals surface area contributed by atoms with Gasteiger partial charge in [-0.15, -0.1) is 5.10 Å². The van der Waals surface area contributed by atoms with E-state index in [0.29, 0.717) is 17.7 Å². The first-order valence-electron chi connectivity index (χ1n) is 7.67. The summed E-state index contributed by atoms with van der Waals surface area (Å²) in [6.45, 7) is 3.92. The largest absolute Gasteiger partial charge is 0.348 e. The topological polar surface area (TPSA) is 71.8 Å². The van der Waals surface area contributed by atoms with Crippen molar-refractivity contribution in [1.82, 2.24) is 25.6 Å². The van der Waals surface area contributed by atoms with Gasteiger partial charge in [-0.05, 0) is 25.7 Å². The first-order chi connectivity index (χ1) is 9.74. The van der Waals surface area contributed by atoms with E-state index in [2.05, 4.69) is 27.9 Å². The molecule has 1 aromatic rings. The Labute approximate surface area is 119 Å². The third-order valence-corrected chi connectivity index (χ3v) is 4.59. The van der Waals surface area contributed by atoms with Crippen LogP contribution in [-0.4, -0.2) is 40.0 Å². The summed E-state index contributed by atoms with van der Waals surface area (Å²) in [5, 5.41) is 14.3. The fourth-order valence-electron chi connectivity index (χ4n) is 3.05. The lowest BCUT2D eigenvalue weighted by Crippen LogP contribution is -2.43. The van der Waals surface area contributed by atoms with Crippen molar-refractivity contribution in [3.8, 4) is 0 Å². The van der Waals surface area contributed by atoms with Crippen molar-refractivity contribution in [3.05, 3.63) is 11.9 Å². The Hall–Kier alpha value is -1.43. The van der Waals surface area contributed by atoms with Crippen LogP contribution in [0.4, 0.5) is 0 Å². The predicted molar refractivity (Wildman–Crippen MR) is 75.4 cm³/mol. The molecule has 1 saturated carbocycles. The number of carbonyl (C=O) groups is 1. The Kier molecular flexibility index (Phi) is 4.00. The fourth-order valence-corrected chi connectivity index (χ4v) is 3.05. The van der Waals surface area contributed by atoms with Crippen LogP contribution in [0.3, 0.4) is 0 Å². The van der Waals surface area contributed by atoms with Gasteiger partial charge in [0, 0.05) is 19.1 Å². The van der Waals surface area contributed by atoms with Crippen LogP contribution in [-0.2, 0) is 0 Å². The maximum absolute atomic E-state index is 12.2. The van der Waals surface area contributed by atoms with Crippen LogP contribution in [0.5, 0.6) is 0 Å². The van der Waals surface area contributed by atoms with Gasteiger partial charge < -0.3 is 10.6 Å². The van der Waals surface area contributed by atoms with E-state index in [4.69, 9.17) is 0 Å². The molecule has 0 bridgehead atoms. The molecule has 2 aliphatic rings. The molecule has 1 atom stereocenters. The van der Waals surface area contributed by atoms with Crippen molar-refractivity contribution in [3.63, 3.8) is 0 Å². The Morgan fingerprint density at radius 1 is 1.40 bits per heavy atom. The van der Waals surface area contributed by atoms with Gasteiger partial charge in [0.15, 0.2) is 5.69 Å². The molecule has 1 saturated heterocycles. The van der Waals surface area contributed by atoms with E-state index in [1.807, 2.05) is 0 Å². The zero-order valence-electron chi connectivity index (χ0n) is 12.0. The Balaban J connectivity index is 1.56. The van der Waals surface area contributed by atoms with E-state index >= 15 is 0 Å². The molecule has 1 amide bonds. The molecule has 3 rings (SSSR count). The van der Waals surface area contributed by atoms with Gasteiger partial charge in [-0.2, -0.15) is 0 Å². The number of carbonyl (C=O) groups excluding carboxylic acids is 1. The normalized spacial score (nSPS) is 22.2. The lowest BCUT2D eigenvalue weighted by molar-refractivity contribution is 0.0914. The molecule has 1 aromatic heterocycles. The van der Waals surface area contributed by atoms with Gasteiger partial charge in [-0.25, -0.2) is 4.68 Å². The summed E-state index contributed by atoms with van der Waals surface area (Å²) in [6, 6.07) is 0.568. The van der Waals surface area contributed by atoms with Crippen LogP contribution in [0.15, 0.2) is 6.20 Å². The first-order valence-corrected chi connectivity index (χ1v) is 7.67. The predicted octanol–water partition coefficient (Wildman–Crippen LogP) is 1.12. The second-order valence-electron chi connectivity index (χ2n) is 6.06. The molecule has 0 aromatic carbocycles. The van der Waals surface area contributed by atoms with E-state index in [0.717, 1.165) is 13.1 Å². The average molecular weight is 277 g/mol. The SMILES string of the molecule is CC(NC(=O)c1cn(C2CNC2)nn1)C1CCCCC1. The lowest BCUT2D eigenvalue weighted by atomic mass is 9.84. The molecule has 0 spiro atoms. The first kappa shape index (κ1) is 13.5. The smallest absolute Gasteiger partial charge is 0.273 e. The maximum atomic E-state index is 12.2. The van der Waals surface area contributed by atoms with E-state index in [-0.39, 0.29) is 11.9 Å². The molecule has 0 radical (unpaired) electrons. The highest BCUT2D eigenvalue weighted by Crippen LogP contribution is 2.26. The molecule has 2 fully saturated rings. The number of amides is 1. The zero-order chi connectivity index (χ0) is 13.9. The van der Waals surface area contributed by atoms with E-state index in [9.17, 15) is 4.79 Å². The molecular formula is C14H23N5O. The maximum Gasteiger partial charge on any atom is 0.273 e. The molecule has 1 aliphatic heterocycles. The number of nitrogens with one attached hydrogen (secondary N) is 2. The number of hydrogen-bond acceptors (Lipinski definition) is 4. The molecule has 2 N–H and O–H groups in total. The van der Waals surface area contributed by atoms with Crippen molar-refractivity contribution in [2.24, 2.45) is 5.92 Å². The molecule has 110 valence electrons. The molecule has 20 heavy (non-hydrogen) atoms. The highest BCUT2D eigenvalue weighted by atomic mass is 16.2. The van der Waals surface area contributed by atoms with Crippen molar-refractivity contribution in [2.45, 2.75) is 51.1 Å². The van der Waals surface area contributed by atoms with Crippen molar-refractivity contribution in [1.29, 1.82) is 0 Å². The number of aromatic nitrogens is 3. The summed E-state index contributed by atoms with van der Waals surface area (Å²) in [4.78, 5) is 12.2. The summed E-state index contributed by atoms with van der Waals surface area (Å²) in [5.41, 5.74) is 0.430. The van der Waals surface area contributed by atoms with Crippen molar-refractivity contribution in [2.75, 3.05) is 13.1 Å². The summed E-state index contributed by atoms with van der Waals surface area (Å²) >= 11 is 0. The van der Waals surface area contributed by atoms with Gasteiger partial charge in [0.25, 0.3) is 5.91 Å². The molecule has 1 unspecified atom stereocenters. The van der Waals surface area contributed by atoms with Crippen LogP contribution in [0.1, 0.15) is 55.6 Å². The minimum Gasteiger partial charge on any atom is -0.348 e. The standard InChI is InChI=1S/C14H23N5O/c1-10(11-5-3-2-4-6-11)16-14(20)13-9-19(18-17-13)12-7-15-8-12/h9-12,15H,2-8H2,1H3,(H,16,20). The van der Waals surface area contributed by atoms with Crippen LogP contribution in [0, 0.1) is 5.92 Å². The minimum atomic E-state index is -0.0957. The van der Waals surface area contributed by atoms with Gasteiger partial charge in [0.05, 0.1) is 12.2 Å². The molecule has 2 heterocycles. The van der Waals surface area contributed by atoms with E-state index < -0.39 is 0 Å². The van der Waals surface area contributed by atoms with Gasteiger partial charge in [-0.1, -0.05) is 24.5 Å². The molecule has 6 nitrogen and oxygen atoms in total. The van der Waals surface area contributed by atoms with Crippen LogP contribution < -0.4 is 10.6 Å². The highest BCUT2D eigenvalue weighted by Gasteiger charge is 2.24. The Morgan fingerprint density at radius 3 is 2.80 bits per heavy atom. The molecule has 6 heteroatoms. The van der Waals surface area contributed by atoms with E-state index in [1.54, 1.807) is 10.9 Å². The second-order valence-corrected chi connectivity index (χ2v) is 6.06. The Morgan fingerprint density at radius 2 is 2.15 bits per heavy atom. The summed E-state index contributed by atoms with van der Waals surface area (Å²) in [7, 11) is 0. The Bertz CT molecular complexity index is 462. The van der Waals surface area contributed by atoms with Gasteiger partial charge >= 0.3 is 0 Å². The van der Waals surface area contributed by atoms with E-state index in [1.165, 1.54) is 32.1 Å². The summed E-state index contributed by atoms with van der Waals surface area (Å²) in [6.07, 6.45) is 8.12. The van der Waals surface area contributed by atoms with Crippen LogP contribution >= 0.6 is 0 Å². The minimum absolute atomic E-state index is 0.0957. The third kappa shape index (κ3) is 2.85. The van der Waals surface area contributed by atoms with Crippen LogP contribution in [0.25, 0.3) is 0 Å². The number of hydrogen-bond donors (Lipinski definition) is 2. The second kappa shape index (κ2) is 5.91. The fraction of sp³-hybridized carbons (Fsp3) is 0.786. The third-order valence-electron chi connectivity index (χ3n) is 4.59. The summed E-state index contributed by atoms with van der Waals surface area (Å²) < 4.78 is 1.79. The van der Waals surface area contributed by atoms with Gasteiger partial charge in [-0.3, -0.25) is 4.79 Å². The molecular weight excluding hydrogens is 254 g/mol. The monoisotopic (exact) mass is 277 g/mol. The average Bonchev–Trinajstić information content (AvgIpc) is 2.87. The van der Waals surface area contributed by atoms with Crippen molar-refractivity contribution >= 4 is 5.91 Å². The number of nitrogens with zero attached hydrogens (tertiary/aromatic N) is 3. The lowest BCUT2D eigenvalue weighted by Gasteiger charge is -2.28. The molecule has 1 aliphatic carbocycles. The van der Waals surface area contributed by atoms with Crippen LogP contribution in [0.2, 0.25) is 0 Å². The highest BCUT2D eigenvalue weighted by molar-refractivity contribution is 5.92. The van der Waals surface area contributed by atoms with Crippen molar-refractivity contribution < 1.29 is 4.79 Å².